The average Bonchev–Trinajstić information content (AvgIpc) is 3.39. The van der Waals surface area contributed by atoms with Crippen LogP contribution >= 0.6 is 34.4 Å². The van der Waals surface area contributed by atoms with Crippen LogP contribution in [0.4, 0.5) is 13.9 Å². The number of amides is 1. The fourth-order valence-electron chi connectivity index (χ4n) is 2.99. The molecule has 31 heavy (non-hydrogen) atoms. The molecule has 4 aromatic rings. The number of hydrogen-bond donors (Lipinski definition) is 1. The lowest BCUT2D eigenvalue weighted by molar-refractivity contribution is 0.102. The van der Waals surface area contributed by atoms with E-state index in [0.717, 1.165) is 21.9 Å². The highest BCUT2D eigenvalue weighted by Crippen LogP contribution is 2.32. The number of thiophene rings is 1. The van der Waals surface area contributed by atoms with E-state index in [4.69, 9.17) is 0 Å². The maximum absolute atomic E-state index is 13.6. The standard InChI is InChI=1S/C21H16F2N4OS3/c1-10-16(20(29-3)26-18(24-10)15-5-4-8-30-15)19(28)27-21-25-17(11(2)31-21)12-6-7-13(22)14(23)9-12/h4-9H,1-3H3,(H,25,27,28). The second kappa shape index (κ2) is 8.81. The van der Waals surface area contributed by atoms with E-state index in [1.807, 2.05) is 23.8 Å². The van der Waals surface area contributed by atoms with Crippen LogP contribution in [0.1, 0.15) is 20.9 Å². The molecule has 5 nitrogen and oxygen atoms in total. The number of nitrogens with one attached hydrogen (secondary N) is 1. The molecule has 0 atom stereocenters. The lowest BCUT2D eigenvalue weighted by Gasteiger charge is -2.10. The van der Waals surface area contributed by atoms with Crippen LogP contribution in [0.25, 0.3) is 22.0 Å². The summed E-state index contributed by atoms with van der Waals surface area (Å²) in [7, 11) is 0. The monoisotopic (exact) mass is 474 g/mol. The van der Waals surface area contributed by atoms with Gasteiger partial charge in [-0.2, -0.15) is 0 Å². The van der Waals surface area contributed by atoms with Gasteiger partial charge in [-0.15, -0.1) is 34.4 Å². The van der Waals surface area contributed by atoms with Gasteiger partial charge in [-0.1, -0.05) is 6.07 Å². The van der Waals surface area contributed by atoms with Crippen LogP contribution in [0.3, 0.4) is 0 Å². The molecule has 0 saturated carbocycles. The summed E-state index contributed by atoms with van der Waals surface area (Å²) in [4.78, 5) is 28.2. The third-order valence-electron chi connectivity index (χ3n) is 4.43. The van der Waals surface area contributed by atoms with Gasteiger partial charge >= 0.3 is 0 Å². The van der Waals surface area contributed by atoms with Gasteiger partial charge in [0, 0.05) is 10.4 Å². The fourth-order valence-corrected chi connectivity index (χ4v) is 5.10. The maximum atomic E-state index is 13.6. The SMILES string of the molecule is CSc1nc(-c2cccs2)nc(C)c1C(=O)Nc1nc(-c2ccc(F)c(F)c2)c(C)s1. The summed E-state index contributed by atoms with van der Waals surface area (Å²) < 4.78 is 26.9. The molecular formula is C21H16F2N4OS3. The van der Waals surface area contributed by atoms with E-state index in [9.17, 15) is 13.6 Å². The first-order chi connectivity index (χ1) is 14.9. The van der Waals surface area contributed by atoms with Crippen molar-refractivity contribution in [3.05, 3.63) is 63.5 Å². The highest BCUT2D eigenvalue weighted by Gasteiger charge is 2.21. The van der Waals surface area contributed by atoms with Gasteiger partial charge in [-0.25, -0.2) is 23.7 Å². The van der Waals surface area contributed by atoms with Crippen LogP contribution in [-0.4, -0.2) is 27.1 Å². The zero-order valence-electron chi connectivity index (χ0n) is 16.7. The Labute approximate surface area is 189 Å². The van der Waals surface area contributed by atoms with Gasteiger partial charge in [0.15, 0.2) is 22.6 Å². The number of carbonyl (C=O) groups excluding carboxylic acids is 1. The number of thiazole rings is 1. The number of nitrogens with zero attached hydrogens (tertiary/aromatic N) is 3. The number of anilines is 1. The van der Waals surface area contributed by atoms with E-state index < -0.39 is 11.6 Å². The van der Waals surface area contributed by atoms with Gasteiger partial charge in [-0.3, -0.25) is 10.1 Å². The molecule has 1 aromatic carbocycles. The summed E-state index contributed by atoms with van der Waals surface area (Å²) in [6, 6.07) is 7.46. The number of carbonyl (C=O) groups is 1. The quantitative estimate of drug-likeness (QED) is 0.276. The minimum atomic E-state index is -0.946. The number of halogens is 2. The van der Waals surface area contributed by atoms with E-state index in [0.29, 0.717) is 38.5 Å². The van der Waals surface area contributed by atoms with Crippen molar-refractivity contribution in [2.45, 2.75) is 18.9 Å². The highest BCUT2D eigenvalue weighted by atomic mass is 32.2. The topological polar surface area (TPSA) is 67.8 Å². The molecule has 0 saturated heterocycles. The van der Waals surface area contributed by atoms with Crippen molar-refractivity contribution in [1.82, 2.24) is 15.0 Å². The molecule has 0 unspecified atom stereocenters. The molecule has 0 aliphatic carbocycles. The van der Waals surface area contributed by atoms with Crippen molar-refractivity contribution in [3.8, 4) is 22.0 Å². The van der Waals surface area contributed by atoms with Crippen LogP contribution in [0.5, 0.6) is 0 Å². The van der Waals surface area contributed by atoms with Gasteiger partial charge in [0.25, 0.3) is 5.91 Å². The summed E-state index contributed by atoms with van der Waals surface area (Å²) in [6.07, 6.45) is 1.85. The maximum Gasteiger partial charge on any atom is 0.262 e. The predicted molar refractivity (Wildman–Crippen MR) is 122 cm³/mol. The van der Waals surface area contributed by atoms with Crippen LogP contribution < -0.4 is 5.32 Å². The highest BCUT2D eigenvalue weighted by molar-refractivity contribution is 7.98. The Morgan fingerprint density at radius 3 is 2.58 bits per heavy atom. The van der Waals surface area contributed by atoms with Crippen LogP contribution in [-0.2, 0) is 0 Å². The molecule has 4 rings (SSSR count). The molecule has 3 heterocycles. The number of hydrogen-bond acceptors (Lipinski definition) is 7. The normalized spacial score (nSPS) is 11.0. The third-order valence-corrected chi connectivity index (χ3v) is 6.86. The summed E-state index contributed by atoms with van der Waals surface area (Å²) in [5.41, 5.74) is 1.88. The van der Waals surface area contributed by atoms with E-state index in [-0.39, 0.29) is 5.91 Å². The summed E-state index contributed by atoms with van der Waals surface area (Å²) in [5, 5.41) is 5.67. The predicted octanol–water partition coefficient (Wildman–Crippen LogP) is 6.20. The Kier molecular flexibility index (Phi) is 6.12. The van der Waals surface area contributed by atoms with Gasteiger partial charge in [-0.05, 0) is 49.7 Å². The molecule has 0 spiro atoms. The number of benzene rings is 1. The smallest absolute Gasteiger partial charge is 0.262 e. The molecule has 0 bridgehead atoms. The molecule has 1 amide bonds. The molecule has 1 N–H and O–H groups in total. The molecule has 3 aromatic heterocycles. The lowest BCUT2D eigenvalue weighted by atomic mass is 10.1. The Morgan fingerprint density at radius 1 is 1.10 bits per heavy atom. The van der Waals surface area contributed by atoms with Crippen LogP contribution in [0, 0.1) is 25.5 Å². The second-order valence-electron chi connectivity index (χ2n) is 6.50. The van der Waals surface area contributed by atoms with Gasteiger partial charge in [0.2, 0.25) is 0 Å². The minimum absolute atomic E-state index is 0.357. The van der Waals surface area contributed by atoms with Crippen molar-refractivity contribution in [3.63, 3.8) is 0 Å². The number of aromatic nitrogens is 3. The lowest BCUT2D eigenvalue weighted by Crippen LogP contribution is -2.16. The number of thioether (sulfide) groups is 1. The van der Waals surface area contributed by atoms with Crippen molar-refractivity contribution in [2.75, 3.05) is 11.6 Å². The first kappa shape index (κ1) is 21.5. The largest absolute Gasteiger partial charge is 0.298 e. The number of rotatable bonds is 5. The van der Waals surface area contributed by atoms with Gasteiger partial charge < -0.3 is 0 Å². The van der Waals surface area contributed by atoms with Crippen LogP contribution in [0.15, 0.2) is 40.7 Å². The average molecular weight is 475 g/mol. The molecular weight excluding hydrogens is 458 g/mol. The third kappa shape index (κ3) is 4.36. The molecule has 0 aliphatic heterocycles. The summed E-state index contributed by atoms with van der Waals surface area (Å²) >= 11 is 4.16. The van der Waals surface area contributed by atoms with Crippen molar-refractivity contribution in [1.29, 1.82) is 0 Å². The van der Waals surface area contributed by atoms with E-state index in [2.05, 4.69) is 20.3 Å². The van der Waals surface area contributed by atoms with Gasteiger partial charge in [0.1, 0.15) is 5.03 Å². The minimum Gasteiger partial charge on any atom is -0.298 e. The van der Waals surface area contributed by atoms with E-state index in [1.165, 1.54) is 40.5 Å². The Morgan fingerprint density at radius 2 is 1.90 bits per heavy atom. The van der Waals surface area contributed by atoms with Gasteiger partial charge in [0.05, 0.1) is 21.8 Å². The van der Waals surface area contributed by atoms with E-state index >= 15 is 0 Å². The van der Waals surface area contributed by atoms with E-state index in [1.54, 1.807) is 13.8 Å². The molecule has 0 radical (unpaired) electrons. The fraction of sp³-hybridized carbons (Fsp3) is 0.143. The molecule has 158 valence electrons. The summed E-state index contributed by atoms with van der Waals surface area (Å²) in [6.45, 7) is 3.58. The Bertz CT molecular complexity index is 1270. The summed E-state index contributed by atoms with van der Waals surface area (Å²) in [5.74, 6) is -1.65. The van der Waals surface area contributed by atoms with Crippen molar-refractivity contribution < 1.29 is 13.6 Å². The van der Waals surface area contributed by atoms with Crippen LogP contribution in [0.2, 0.25) is 0 Å². The Hall–Kier alpha value is -2.69. The first-order valence-corrected chi connectivity index (χ1v) is 12.0. The Balaban J connectivity index is 1.64. The first-order valence-electron chi connectivity index (χ1n) is 9.08. The van der Waals surface area contributed by atoms with Crippen molar-refractivity contribution in [2.24, 2.45) is 0 Å². The molecule has 0 fully saturated rings. The zero-order valence-corrected chi connectivity index (χ0v) is 19.1. The van der Waals surface area contributed by atoms with Crippen molar-refractivity contribution >= 4 is 45.5 Å². The second-order valence-corrected chi connectivity index (χ2v) is 9.45. The molecule has 10 heteroatoms. The number of aryl methyl sites for hydroxylation is 2. The zero-order chi connectivity index (χ0) is 22.1. The molecule has 0 aliphatic rings.